The molecule has 0 radical (unpaired) electrons. The summed E-state index contributed by atoms with van der Waals surface area (Å²) in [5, 5.41) is 6.23. The number of carbonyl (C=O) groups excluding carboxylic acids is 2. The summed E-state index contributed by atoms with van der Waals surface area (Å²) in [4.78, 5) is 27.8. The Kier molecular flexibility index (Phi) is 8.76. The number of rotatable bonds is 9. The molecule has 3 rings (SSSR count). The van der Waals surface area contributed by atoms with E-state index in [1.165, 1.54) is 0 Å². The number of nitrogens with one attached hydrogen (secondary N) is 1. The van der Waals surface area contributed by atoms with Crippen LogP contribution in [0.1, 0.15) is 38.3 Å². The zero-order valence-electron chi connectivity index (χ0n) is 19.3. The molecule has 0 spiro atoms. The van der Waals surface area contributed by atoms with Crippen molar-refractivity contribution in [3.63, 3.8) is 0 Å². The SMILES string of the molecule is CC(C)CNC(=O)[C@@H](C)N(Cc1ccc(Cl)cc1Cl)C(=O)CCc1cccc2ccccc12. The van der Waals surface area contributed by atoms with Gasteiger partial charge in [0.15, 0.2) is 0 Å². The van der Waals surface area contributed by atoms with Crippen molar-refractivity contribution in [2.45, 2.75) is 46.2 Å². The second kappa shape index (κ2) is 11.5. The van der Waals surface area contributed by atoms with E-state index in [9.17, 15) is 9.59 Å². The number of halogens is 2. The van der Waals surface area contributed by atoms with Crippen LogP contribution in [0, 0.1) is 5.92 Å². The van der Waals surface area contributed by atoms with Gasteiger partial charge in [0.05, 0.1) is 0 Å². The van der Waals surface area contributed by atoms with Crippen molar-refractivity contribution in [1.82, 2.24) is 10.2 Å². The molecule has 0 aromatic heterocycles. The monoisotopic (exact) mass is 484 g/mol. The Bertz CT molecular complexity index is 1120. The quantitative estimate of drug-likeness (QED) is 0.389. The maximum absolute atomic E-state index is 13.4. The van der Waals surface area contributed by atoms with Gasteiger partial charge < -0.3 is 10.2 Å². The number of benzene rings is 3. The second-order valence-electron chi connectivity index (χ2n) is 8.71. The Hall–Kier alpha value is -2.56. The van der Waals surface area contributed by atoms with E-state index < -0.39 is 6.04 Å². The molecule has 0 heterocycles. The summed E-state index contributed by atoms with van der Waals surface area (Å²) in [5.74, 6) is 0.0517. The van der Waals surface area contributed by atoms with Gasteiger partial charge in [-0.25, -0.2) is 0 Å². The van der Waals surface area contributed by atoms with Crippen LogP contribution in [0.2, 0.25) is 10.0 Å². The Morgan fingerprint density at radius 3 is 2.39 bits per heavy atom. The molecule has 0 aliphatic heterocycles. The molecule has 0 aliphatic rings. The van der Waals surface area contributed by atoms with E-state index in [2.05, 4.69) is 29.6 Å². The molecule has 174 valence electrons. The van der Waals surface area contributed by atoms with Crippen LogP contribution >= 0.6 is 23.2 Å². The minimum Gasteiger partial charge on any atom is -0.354 e. The van der Waals surface area contributed by atoms with Crippen molar-refractivity contribution in [2.24, 2.45) is 5.92 Å². The molecule has 1 N–H and O–H groups in total. The van der Waals surface area contributed by atoms with Crippen LogP contribution in [0.3, 0.4) is 0 Å². The molecule has 1 atom stereocenters. The van der Waals surface area contributed by atoms with Gasteiger partial charge in [0.2, 0.25) is 11.8 Å². The van der Waals surface area contributed by atoms with Gasteiger partial charge in [0, 0.05) is 29.6 Å². The van der Waals surface area contributed by atoms with Crippen molar-refractivity contribution >= 4 is 45.8 Å². The Labute approximate surface area is 205 Å². The summed E-state index contributed by atoms with van der Waals surface area (Å²) < 4.78 is 0. The third-order valence-corrected chi connectivity index (χ3v) is 6.28. The summed E-state index contributed by atoms with van der Waals surface area (Å²) in [7, 11) is 0. The standard InChI is InChI=1S/C27H30Cl2N2O2/c1-18(2)16-30-27(33)19(3)31(17-22-11-13-23(28)15-25(22)29)26(32)14-12-21-9-6-8-20-7-4-5-10-24(20)21/h4-11,13,15,18-19H,12,14,16-17H2,1-3H3,(H,30,33)/t19-/m1/s1. The first kappa shape index (κ1) is 25.1. The highest BCUT2D eigenvalue weighted by molar-refractivity contribution is 6.35. The number of fused-ring (bicyclic) bond motifs is 1. The molecule has 0 aliphatic carbocycles. The molecule has 33 heavy (non-hydrogen) atoms. The number of hydrogen-bond donors (Lipinski definition) is 1. The van der Waals surface area contributed by atoms with Gasteiger partial charge in [-0.3, -0.25) is 9.59 Å². The third-order valence-electron chi connectivity index (χ3n) is 5.70. The summed E-state index contributed by atoms with van der Waals surface area (Å²) >= 11 is 12.4. The average molecular weight is 485 g/mol. The van der Waals surface area contributed by atoms with Crippen molar-refractivity contribution < 1.29 is 9.59 Å². The highest BCUT2D eigenvalue weighted by atomic mass is 35.5. The van der Waals surface area contributed by atoms with Crippen LogP contribution in [0.5, 0.6) is 0 Å². The smallest absolute Gasteiger partial charge is 0.242 e. The molecule has 3 aromatic carbocycles. The number of carbonyl (C=O) groups is 2. The minimum absolute atomic E-state index is 0.0962. The van der Waals surface area contributed by atoms with Gasteiger partial charge in [-0.05, 0) is 53.3 Å². The van der Waals surface area contributed by atoms with Crippen molar-refractivity contribution in [2.75, 3.05) is 6.54 Å². The highest BCUT2D eigenvalue weighted by Crippen LogP contribution is 2.24. The first-order valence-corrected chi connectivity index (χ1v) is 12.0. The van der Waals surface area contributed by atoms with Crippen molar-refractivity contribution in [3.05, 3.63) is 81.8 Å². The molecule has 4 nitrogen and oxygen atoms in total. The van der Waals surface area contributed by atoms with Gasteiger partial charge in [0.1, 0.15) is 6.04 Å². The summed E-state index contributed by atoms with van der Waals surface area (Å²) in [5.41, 5.74) is 1.87. The van der Waals surface area contributed by atoms with Gasteiger partial charge >= 0.3 is 0 Å². The third kappa shape index (κ3) is 6.72. The van der Waals surface area contributed by atoms with Crippen LogP contribution < -0.4 is 5.32 Å². The molecule has 0 bridgehead atoms. The molecule has 0 unspecified atom stereocenters. The topological polar surface area (TPSA) is 49.4 Å². The largest absolute Gasteiger partial charge is 0.354 e. The second-order valence-corrected chi connectivity index (χ2v) is 9.55. The van der Waals surface area contributed by atoms with Gasteiger partial charge in [-0.15, -0.1) is 0 Å². The lowest BCUT2D eigenvalue weighted by atomic mass is 10.0. The number of nitrogens with zero attached hydrogens (tertiary/aromatic N) is 1. The fourth-order valence-corrected chi connectivity index (χ4v) is 4.23. The van der Waals surface area contributed by atoms with Gasteiger partial charge in [-0.2, -0.15) is 0 Å². The lowest BCUT2D eigenvalue weighted by Crippen LogP contribution is -2.48. The average Bonchev–Trinajstić information content (AvgIpc) is 2.80. The molecular weight excluding hydrogens is 455 g/mol. The van der Waals surface area contributed by atoms with Gasteiger partial charge in [-0.1, -0.05) is 85.6 Å². The minimum atomic E-state index is -0.629. The van der Waals surface area contributed by atoms with E-state index in [0.717, 1.165) is 21.9 Å². The van der Waals surface area contributed by atoms with Gasteiger partial charge in [0.25, 0.3) is 0 Å². The molecule has 6 heteroatoms. The predicted octanol–water partition coefficient (Wildman–Crippen LogP) is 6.27. The summed E-state index contributed by atoms with van der Waals surface area (Å²) in [6, 6.07) is 18.8. The zero-order chi connectivity index (χ0) is 24.0. The summed E-state index contributed by atoms with van der Waals surface area (Å²) in [6.45, 7) is 6.62. The molecule has 0 fully saturated rings. The summed E-state index contributed by atoms with van der Waals surface area (Å²) in [6.07, 6.45) is 0.881. The molecule has 2 amide bonds. The van der Waals surface area contributed by atoms with Crippen molar-refractivity contribution in [1.29, 1.82) is 0 Å². The molecule has 0 saturated heterocycles. The number of aryl methyl sites for hydroxylation is 1. The number of amides is 2. The van der Waals surface area contributed by atoms with E-state index >= 15 is 0 Å². The fourth-order valence-electron chi connectivity index (χ4n) is 3.76. The van der Waals surface area contributed by atoms with Crippen LogP contribution in [0.25, 0.3) is 10.8 Å². The molecule has 3 aromatic rings. The van der Waals surface area contributed by atoms with Crippen LogP contribution in [0.15, 0.2) is 60.7 Å². The first-order valence-electron chi connectivity index (χ1n) is 11.2. The normalized spacial score (nSPS) is 12.1. The maximum Gasteiger partial charge on any atom is 0.242 e. The Morgan fingerprint density at radius 2 is 1.67 bits per heavy atom. The van der Waals surface area contributed by atoms with Crippen molar-refractivity contribution in [3.8, 4) is 0 Å². The molecule has 0 saturated carbocycles. The Balaban J connectivity index is 1.80. The lowest BCUT2D eigenvalue weighted by molar-refractivity contribution is -0.140. The highest BCUT2D eigenvalue weighted by Gasteiger charge is 2.26. The predicted molar refractivity (Wildman–Crippen MR) is 137 cm³/mol. The van der Waals surface area contributed by atoms with Crippen LogP contribution in [-0.4, -0.2) is 29.3 Å². The fraction of sp³-hybridized carbons (Fsp3) is 0.333. The van der Waals surface area contributed by atoms with E-state index in [0.29, 0.717) is 35.3 Å². The first-order chi connectivity index (χ1) is 15.8. The van der Waals surface area contributed by atoms with E-state index in [1.807, 2.05) is 32.0 Å². The van der Waals surface area contributed by atoms with E-state index in [-0.39, 0.29) is 18.4 Å². The van der Waals surface area contributed by atoms with E-state index in [4.69, 9.17) is 23.2 Å². The zero-order valence-corrected chi connectivity index (χ0v) is 20.8. The van der Waals surface area contributed by atoms with Crippen LogP contribution in [-0.2, 0) is 22.6 Å². The lowest BCUT2D eigenvalue weighted by Gasteiger charge is -2.29. The van der Waals surface area contributed by atoms with E-state index in [1.54, 1.807) is 30.0 Å². The Morgan fingerprint density at radius 1 is 0.939 bits per heavy atom. The maximum atomic E-state index is 13.4. The molecular formula is C27H30Cl2N2O2. The van der Waals surface area contributed by atoms with Crippen LogP contribution in [0.4, 0.5) is 0 Å². The number of hydrogen-bond acceptors (Lipinski definition) is 2.